The van der Waals surface area contributed by atoms with Gasteiger partial charge in [0.2, 0.25) is 5.91 Å². The Labute approximate surface area is 141 Å². The maximum atomic E-state index is 12.3. The molecule has 1 heterocycles. The number of hydrogen-bond donors (Lipinski definition) is 2. The van der Waals surface area contributed by atoms with Gasteiger partial charge in [0.15, 0.2) is 0 Å². The Kier molecular flexibility index (Phi) is 5.13. The van der Waals surface area contributed by atoms with E-state index in [4.69, 9.17) is 4.74 Å². The number of para-hydroxylation sites is 1. The number of anilines is 1. The molecule has 0 aliphatic carbocycles. The number of hydrogen-bond acceptors (Lipinski definition) is 4. The number of nitrogens with one attached hydrogen (secondary N) is 1. The number of β-amino-alcohol motifs (C(OH)–C–C–N with tert-alkyl or cyclic N) is 1. The van der Waals surface area contributed by atoms with Crippen LogP contribution in [0.4, 0.5) is 5.69 Å². The van der Waals surface area contributed by atoms with Crippen LogP contribution >= 0.6 is 0 Å². The smallest absolute Gasteiger partial charge is 0.241 e. The van der Waals surface area contributed by atoms with Crippen LogP contribution in [0.25, 0.3) is 0 Å². The first kappa shape index (κ1) is 16.5. The molecular weight excluding hydrogens is 304 g/mol. The first-order valence-electron chi connectivity index (χ1n) is 8.18. The van der Waals surface area contributed by atoms with E-state index in [0.29, 0.717) is 6.54 Å². The Hall–Kier alpha value is -2.37. The van der Waals surface area contributed by atoms with E-state index in [-0.39, 0.29) is 18.1 Å². The fourth-order valence-electron chi connectivity index (χ4n) is 2.76. The maximum absolute atomic E-state index is 12.3. The number of rotatable bonds is 5. The Morgan fingerprint density at radius 3 is 2.46 bits per heavy atom. The van der Waals surface area contributed by atoms with Crippen LogP contribution in [0.2, 0.25) is 0 Å². The lowest BCUT2D eigenvalue weighted by molar-refractivity contribution is -0.120. The summed E-state index contributed by atoms with van der Waals surface area (Å²) in [5.41, 5.74) is 0.729. The van der Waals surface area contributed by atoms with Crippen LogP contribution in [0.1, 0.15) is 13.3 Å². The molecule has 126 valence electrons. The third-order valence-electron chi connectivity index (χ3n) is 4.22. The van der Waals surface area contributed by atoms with Gasteiger partial charge in [0, 0.05) is 18.8 Å². The van der Waals surface area contributed by atoms with Gasteiger partial charge in [0.25, 0.3) is 0 Å². The average Bonchev–Trinajstić information content (AvgIpc) is 3.03. The SMILES string of the molecule is CC(C(=O)Nc1ccc(Oc2ccccc2)cc1)N1CC[C@H](O)C1. The highest BCUT2D eigenvalue weighted by molar-refractivity contribution is 5.94. The number of aliphatic hydroxyl groups excluding tert-OH is 1. The maximum Gasteiger partial charge on any atom is 0.241 e. The molecular formula is C19H22N2O3. The van der Waals surface area contributed by atoms with Crippen molar-refractivity contribution in [2.45, 2.75) is 25.5 Å². The predicted molar refractivity (Wildman–Crippen MR) is 93.2 cm³/mol. The monoisotopic (exact) mass is 326 g/mol. The summed E-state index contributed by atoms with van der Waals surface area (Å²) in [7, 11) is 0. The Morgan fingerprint density at radius 2 is 1.83 bits per heavy atom. The zero-order chi connectivity index (χ0) is 16.9. The summed E-state index contributed by atoms with van der Waals surface area (Å²) in [4.78, 5) is 14.3. The van der Waals surface area contributed by atoms with E-state index < -0.39 is 0 Å². The molecule has 3 rings (SSSR count). The van der Waals surface area contributed by atoms with E-state index in [2.05, 4.69) is 5.32 Å². The fraction of sp³-hybridized carbons (Fsp3) is 0.316. The number of carbonyl (C=O) groups is 1. The number of benzene rings is 2. The molecule has 0 radical (unpaired) electrons. The second-order valence-electron chi connectivity index (χ2n) is 6.04. The normalized spacial score (nSPS) is 19.0. The van der Waals surface area contributed by atoms with Crippen molar-refractivity contribution < 1.29 is 14.6 Å². The van der Waals surface area contributed by atoms with Crippen molar-refractivity contribution in [1.29, 1.82) is 0 Å². The molecule has 0 bridgehead atoms. The van der Waals surface area contributed by atoms with Crippen LogP contribution in [0.3, 0.4) is 0 Å². The molecule has 2 N–H and O–H groups in total. The number of carbonyl (C=O) groups excluding carboxylic acids is 1. The minimum atomic E-state index is -0.324. The lowest BCUT2D eigenvalue weighted by Crippen LogP contribution is -2.41. The van der Waals surface area contributed by atoms with Gasteiger partial charge in [-0.1, -0.05) is 18.2 Å². The minimum Gasteiger partial charge on any atom is -0.457 e. The number of amides is 1. The third-order valence-corrected chi connectivity index (χ3v) is 4.22. The van der Waals surface area contributed by atoms with Crippen LogP contribution in [-0.4, -0.2) is 41.1 Å². The molecule has 1 aliphatic heterocycles. The second kappa shape index (κ2) is 7.47. The average molecular weight is 326 g/mol. The number of likely N-dealkylation sites (tertiary alicyclic amines) is 1. The molecule has 24 heavy (non-hydrogen) atoms. The summed E-state index contributed by atoms with van der Waals surface area (Å²) in [6, 6.07) is 16.6. The Bertz CT molecular complexity index is 673. The molecule has 2 aromatic carbocycles. The lowest BCUT2D eigenvalue weighted by atomic mass is 10.2. The summed E-state index contributed by atoms with van der Waals surface area (Å²) in [6.45, 7) is 3.16. The Morgan fingerprint density at radius 1 is 1.17 bits per heavy atom. The van der Waals surface area contributed by atoms with Gasteiger partial charge in [-0.2, -0.15) is 0 Å². The largest absolute Gasteiger partial charge is 0.457 e. The number of nitrogens with zero attached hydrogens (tertiary/aromatic N) is 1. The molecule has 1 unspecified atom stereocenters. The molecule has 0 aromatic heterocycles. The zero-order valence-electron chi connectivity index (χ0n) is 13.7. The molecule has 1 fully saturated rings. The van der Waals surface area contributed by atoms with Crippen molar-refractivity contribution in [1.82, 2.24) is 4.90 Å². The molecule has 1 amide bonds. The first-order valence-corrected chi connectivity index (χ1v) is 8.18. The highest BCUT2D eigenvalue weighted by atomic mass is 16.5. The minimum absolute atomic E-state index is 0.0687. The quantitative estimate of drug-likeness (QED) is 0.887. The van der Waals surface area contributed by atoms with E-state index in [1.807, 2.05) is 66.4 Å². The number of aliphatic hydroxyl groups is 1. The van der Waals surface area contributed by atoms with Crippen molar-refractivity contribution in [3.63, 3.8) is 0 Å². The van der Waals surface area contributed by atoms with Crippen LogP contribution < -0.4 is 10.1 Å². The van der Waals surface area contributed by atoms with Gasteiger partial charge < -0.3 is 15.2 Å². The zero-order valence-corrected chi connectivity index (χ0v) is 13.7. The molecule has 2 aromatic rings. The fourth-order valence-corrected chi connectivity index (χ4v) is 2.76. The second-order valence-corrected chi connectivity index (χ2v) is 6.04. The van der Waals surface area contributed by atoms with Crippen LogP contribution in [0.5, 0.6) is 11.5 Å². The molecule has 5 nitrogen and oxygen atoms in total. The van der Waals surface area contributed by atoms with Crippen LogP contribution in [0.15, 0.2) is 54.6 Å². The summed E-state index contributed by atoms with van der Waals surface area (Å²) in [5, 5.41) is 12.5. The van der Waals surface area contributed by atoms with Crippen molar-refractivity contribution >= 4 is 11.6 Å². The van der Waals surface area contributed by atoms with Gasteiger partial charge in [0.1, 0.15) is 11.5 Å². The van der Waals surface area contributed by atoms with Crippen molar-refractivity contribution in [3.8, 4) is 11.5 Å². The molecule has 1 saturated heterocycles. The highest BCUT2D eigenvalue weighted by Crippen LogP contribution is 2.23. The van der Waals surface area contributed by atoms with Gasteiger partial charge in [-0.15, -0.1) is 0 Å². The van der Waals surface area contributed by atoms with Gasteiger partial charge >= 0.3 is 0 Å². The van der Waals surface area contributed by atoms with Gasteiger partial charge in [-0.05, 0) is 49.7 Å². The van der Waals surface area contributed by atoms with Crippen LogP contribution in [0, 0.1) is 0 Å². The van der Waals surface area contributed by atoms with Crippen molar-refractivity contribution in [3.05, 3.63) is 54.6 Å². The van der Waals surface area contributed by atoms with Gasteiger partial charge in [-0.25, -0.2) is 0 Å². The predicted octanol–water partition coefficient (Wildman–Crippen LogP) is 2.87. The van der Waals surface area contributed by atoms with Crippen molar-refractivity contribution in [2.24, 2.45) is 0 Å². The topological polar surface area (TPSA) is 61.8 Å². The summed E-state index contributed by atoms with van der Waals surface area (Å²) >= 11 is 0. The summed E-state index contributed by atoms with van der Waals surface area (Å²) < 4.78 is 5.73. The third kappa shape index (κ3) is 4.13. The van der Waals surface area contributed by atoms with Crippen molar-refractivity contribution in [2.75, 3.05) is 18.4 Å². The number of ether oxygens (including phenoxy) is 1. The molecule has 0 spiro atoms. The van der Waals surface area contributed by atoms with E-state index in [1.165, 1.54) is 0 Å². The summed E-state index contributed by atoms with van der Waals surface area (Å²) in [6.07, 6.45) is 0.401. The van der Waals surface area contributed by atoms with E-state index in [1.54, 1.807) is 0 Å². The van der Waals surface area contributed by atoms with Gasteiger partial charge in [-0.3, -0.25) is 9.69 Å². The first-order chi connectivity index (χ1) is 11.6. The molecule has 2 atom stereocenters. The van der Waals surface area contributed by atoms with Crippen LogP contribution in [-0.2, 0) is 4.79 Å². The van der Waals surface area contributed by atoms with Gasteiger partial charge in [0.05, 0.1) is 12.1 Å². The molecule has 0 saturated carbocycles. The highest BCUT2D eigenvalue weighted by Gasteiger charge is 2.28. The van der Waals surface area contributed by atoms with E-state index in [0.717, 1.165) is 30.2 Å². The van der Waals surface area contributed by atoms with E-state index >= 15 is 0 Å². The standard InChI is InChI=1S/C19H22N2O3/c1-14(21-12-11-16(22)13-21)19(23)20-15-7-9-18(10-8-15)24-17-5-3-2-4-6-17/h2-10,14,16,22H,11-13H2,1H3,(H,20,23)/t14?,16-/m0/s1. The lowest BCUT2D eigenvalue weighted by Gasteiger charge is -2.22. The van der Waals surface area contributed by atoms with E-state index in [9.17, 15) is 9.90 Å². The molecule has 1 aliphatic rings. The summed E-state index contributed by atoms with van der Waals surface area (Å²) in [5.74, 6) is 1.42. The molecule has 5 heteroatoms. The Balaban J connectivity index is 1.56.